The topological polar surface area (TPSA) is 81.1 Å². The van der Waals surface area contributed by atoms with Crippen LogP contribution in [0.2, 0.25) is 0 Å². The van der Waals surface area contributed by atoms with E-state index in [1.165, 1.54) is 4.90 Å². The second-order valence-corrected chi connectivity index (χ2v) is 9.81. The molecule has 0 saturated carbocycles. The number of nitrogens with zero attached hydrogens (tertiary/aromatic N) is 2. The summed E-state index contributed by atoms with van der Waals surface area (Å²) in [7, 11) is 0. The van der Waals surface area contributed by atoms with Gasteiger partial charge in [0, 0.05) is 25.3 Å². The van der Waals surface area contributed by atoms with Crippen LogP contribution in [0, 0.1) is 17.0 Å². The molecule has 0 spiro atoms. The number of unbranched alkanes of at least 4 members (excludes halogenated alkanes) is 1. The molecule has 2 aromatic carbocycles. The summed E-state index contributed by atoms with van der Waals surface area (Å²) >= 11 is 0. The van der Waals surface area contributed by atoms with Crippen LogP contribution in [0.4, 0.5) is 13.6 Å². The molecule has 0 radical (unpaired) electrons. The fourth-order valence-corrected chi connectivity index (χ4v) is 4.53. The first-order valence-corrected chi connectivity index (χ1v) is 11.7. The first-order valence-electron chi connectivity index (χ1n) is 11.7. The summed E-state index contributed by atoms with van der Waals surface area (Å²) in [5.41, 5.74) is 0.566. The van der Waals surface area contributed by atoms with Crippen LogP contribution in [-0.4, -0.2) is 57.8 Å². The molecule has 0 fully saturated rings. The van der Waals surface area contributed by atoms with Gasteiger partial charge in [0.1, 0.15) is 17.7 Å². The Kier molecular flexibility index (Phi) is 8.27. The van der Waals surface area contributed by atoms with E-state index in [9.17, 15) is 23.5 Å². The molecule has 1 aliphatic rings. The van der Waals surface area contributed by atoms with E-state index in [1.54, 1.807) is 26.8 Å². The number of aliphatic hydroxyl groups excluding tert-OH is 1. The minimum Gasteiger partial charge on any atom is -0.465 e. The SMILES string of the molecule is CC(C)(C)[C@@H](C(=O)N1CC(c2cc(F)ccc2F)=C[C@H]1c1ccccc1)N(CCCCO)C(=O)O. The number of hydrogen-bond acceptors (Lipinski definition) is 3. The van der Waals surface area contributed by atoms with Crippen LogP contribution >= 0.6 is 0 Å². The predicted octanol–water partition coefficient (Wildman–Crippen LogP) is 5.10. The molecule has 0 bridgehead atoms. The normalized spacial score (nSPS) is 16.7. The van der Waals surface area contributed by atoms with Crippen molar-refractivity contribution in [2.75, 3.05) is 19.7 Å². The standard InChI is InChI=1S/C27H32F2N2O4/c1-27(2,3)24(30(26(34)35)13-7-8-14-32)25(33)31-17-19(21-16-20(28)11-12-22(21)29)15-23(31)18-9-5-4-6-10-18/h4-6,9-12,15-16,23-24,32H,7-8,13-14,17H2,1-3H3,(H,34,35)/t23-,24+/m0/s1. The highest BCUT2D eigenvalue weighted by Crippen LogP contribution is 2.38. The van der Waals surface area contributed by atoms with Gasteiger partial charge in [0.05, 0.1) is 6.04 Å². The highest BCUT2D eigenvalue weighted by molar-refractivity contribution is 5.89. The molecule has 0 aromatic heterocycles. The minimum atomic E-state index is -1.23. The maximum Gasteiger partial charge on any atom is 0.407 e. The lowest BCUT2D eigenvalue weighted by molar-refractivity contribution is -0.140. The van der Waals surface area contributed by atoms with Gasteiger partial charge in [0.25, 0.3) is 0 Å². The maximum atomic E-state index is 14.6. The van der Waals surface area contributed by atoms with Gasteiger partial charge in [0.15, 0.2) is 0 Å². The van der Waals surface area contributed by atoms with Crippen molar-refractivity contribution in [3.63, 3.8) is 0 Å². The van der Waals surface area contributed by atoms with Crippen molar-refractivity contribution in [2.45, 2.75) is 45.7 Å². The summed E-state index contributed by atoms with van der Waals surface area (Å²) in [6.07, 6.45) is 1.33. The van der Waals surface area contributed by atoms with Crippen LogP contribution in [-0.2, 0) is 4.79 Å². The highest BCUT2D eigenvalue weighted by Gasteiger charge is 2.44. The Balaban J connectivity index is 2.04. The second kappa shape index (κ2) is 11.0. The summed E-state index contributed by atoms with van der Waals surface area (Å²) < 4.78 is 28.6. The Morgan fingerprint density at radius 1 is 1.11 bits per heavy atom. The average Bonchev–Trinajstić information content (AvgIpc) is 3.25. The molecule has 2 N–H and O–H groups in total. The molecule has 2 aromatic rings. The van der Waals surface area contributed by atoms with E-state index < -0.39 is 41.1 Å². The lowest BCUT2D eigenvalue weighted by Crippen LogP contribution is -2.56. The van der Waals surface area contributed by atoms with Gasteiger partial charge < -0.3 is 15.1 Å². The maximum absolute atomic E-state index is 14.6. The fourth-order valence-electron chi connectivity index (χ4n) is 4.53. The van der Waals surface area contributed by atoms with Gasteiger partial charge in [-0.1, -0.05) is 57.2 Å². The molecule has 0 unspecified atom stereocenters. The summed E-state index contributed by atoms with van der Waals surface area (Å²) in [5, 5.41) is 19.1. The number of rotatable bonds is 8. The molecule has 2 atom stereocenters. The van der Waals surface area contributed by atoms with E-state index in [1.807, 2.05) is 30.3 Å². The number of hydrogen-bond donors (Lipinski definition) is 2. The van der Waals surface area contributed by atoms with Crippen molar-refractivity contribution < 1.29 is 28.6 Å². The second-order valence-electron chi connectivity index (χ2n) is 9.81. The molecule has 2 amide bonds. The smallest absolute Gasteiger partial charge is 0.407 e. The fraction of sp³-hybridized carbons (Fsp3) is 0.407. The third-order valence-electron chi connectivity index (χ3n) is 6.15. The molecule has 8 heteroatoms. The molecule has 35 heavy (non-hydrogen) atoms. The van der Waals surface area contributed by atoms with Crippen LogP contribution in [0.3, 0.4) is 0 Å². The van der Waals surface area contributed by atoms with Crippen molar-refractivity contribution in [1.29, 1.82) is 0 Å². The molecule has 1 heterocycles. The van der Waals surface area contributed by atoms with Crippen LogP contribution in [0.15, 0.2) is 54.6 Å². The number of carbonyl (C=O) groups is 2. The molecule has 6 nitrogen and oxygen atoms in total. The third-order valence-corrected chi connectivity index (χ3v) is 6.15. The van der Waals surface area contributed by atoms with Gasteiger partial charge in [-0.15, -0.1) is 0 Å². The highest BCUT2D eigenvalue weighted by atomic mass is 19.1. The molecular weight excluding hydrogens is 454 g/mol. The van der Waals surface area contributed by atoms with Gasteiger partial charge in [-0.2, -0.15) is 0 Å². The lowest BCUT2D eigenvalue weighted by Gasteiger charge is -2.41. The molecule has 3 rings (SSSR count). The Labute approximate surface area is 204 Å². The van der Waals surface area contributed by atoms with Crippen molar-refractivity contribution >= 4 is 17.6 Å². The van der Waals surface area contributed by atoms with Gasteiger partial charge in [-0.3, -0.25) is 9.69 Å². The van der Waals surface area contributed by atoms with E-state index in [0.717, 1.165) is 28.7 Å². The largest absolute Gasteiger partial charge is 0.465 e. The Morgan fingerprint density at radius 2 is 1.80 bits per heavy atom. The summed E-state index contributed by atoms with van der Waals surface area (Å²) in [6, 6.07) is 10.8. The lowest BCUT2D eigenvalue weighted by atomic mass is 9.84. The first-order chi connectivity index (χ1) is 16.5. The number of carbonyl (C=O) groups excluding carboxylic acids is 1. The minimum absolute atomic E-state index is 0.00937. The summed E-state index contributed by atoms with van der Waals surface area (Å²) in [4.78, 5) is 28.9. The van der Waals surface area contributed by atoms with Crippen molar-refractivity contribution in [3.05, 3.63) is 77.4 Å². The van der Waals surface area contributed by atoms with Crippen LogP contribution in [0.25, 0.3) is 5.57 Å². The zero-order valence-electron chi connectivity index (χ0n) is 20.2. The number of halogens is 2. The third kappa shape index (κ3) is 6.06. The zero-order chi connectivity index (χ0) is 25.8. The number of amides is 2. The van der Waals surface area contributed by atoms with E-state index in [2.05, 4.69) is 0 Å². The Bertz CT molecular complexity index is 1080. The summed E-state index contributed by atoms with van der Waals surface area (Å²) in [6.45, 7) is 5.42. The Hall–Kier alpha value is -3.26. The van der Waals surface area contributed by atoms with Crippen LogP contribution in [0.5, 0.6) is 0 Å². The van der Waals surface area contributed by atoms with Crippen molar-refractivity contribution in [3.8, 4) is 0 Å². The van der Waals surface area contributed by atoms with E-state index in [-0.39, 0.29) is 25.3 Å². The molecular formula is C27H32F2N2O4. The van der Waals surface area contributed by atoms with Gasteiger partial charge >= 0.3 is 6.09 Å². The Morgan fingerprint density at radius 3 is 2.40 bits per heavy atom. The van der Waals surface area contributed by atoms with Gasteiger partial charge in [-0.05, 0) is 47.6 Å². The number of aliphatic hydroxyl groups is 1. The molecule has 1 aliphatic heterocycles. The van der Waals surface area contributed by atoms with Crippen LogP contribution in [0.1, 0.15) is 50.8 Å². The van der Waals surface area contributed by atoms with E-state index in [4.69, 9.17) is 5.11 Å². The van der Waals surface area contributed by atoms with Crippen LogP contribution < -0.4 is 0 Å². The van der Waals surface area contributed by atoms with Crippen molar-refractivity contribution in [1.82, 2.24) is 9.80 Å². The molecule has 0 aliphatic carbocycles. The zero-order valence-corrected chi connectivity index (χ0v) is 20.2. The average molecular weight is 487 g/mol. The number of benzene rings is 2. The van der Waals surface area contributed by atoms with E-state index in [0.29, 0.717) is 18.4 Å². The predicted molar refractivity (Wildman–Crippen MR) is 130 cm³/mol. The summed E-state index contributed by atoms with van der Waals surface area (Å²) in [5.74, 6) is -1.60. The molecule has 0 saturated heterocycles. The van der Waals surface area contributed by atoms with Gasteiger partial charge in [-0.25, -0.2) is 13.6 Å². The van der Waals surface area contributed by atoms with Gasteiger partial charge in [0.2, 0.25) is 5.91 Å². The number of carboxylic acid groups (broad SMARTS) is 1. The quantitative estimate of drug-likeness (QED) is 0.509. The van der Waals surface area contributed by atoms with Crippen molar-refractivity contribution in [2.24, 2.45) is 5.41 Å². The van der Waals surface area contributed by atoms with E-state index >= 15 is 0 Å². The monoisotopic (exact) mass is 486 g/mol. The molecule has 188 valence electrons. The first kappa shape index (κ1) is 26.3.